The second-order valence-electron chi connectivity index (χ2n) is 9.76. The third-order valence-electron chi connectivity index (χ3n) is 6.82. The highest BCUT2D eigenvalue weighted by molar-refractivity contribution is 6.31. The highest BCUT2D eigenvalue weighted by Crippen LogP contribution is 2.39. The van der Waals surface area contributed by atoms with Gasteiger partial charge in [0, 0.05) is 29.1 Å². The van der Waals surface area contributed by atoms with Crippen LogP contribution in [0.2, 0.25) is 15.1 Å². The predicted octanol–water partition coefficient (Wildman–Crippen LogP) is 6.79. The molecule has 0 bridgehead atoms. The van der Waals surface area contributed by atoms with E-state index in [-0.39, 0.29) is 6.61 Å². The van der Waals surface area contributed by atoms with E-state index >= 15 is 0 Å². The van der Waals surface area contributed by atoms with E-state index < -0.39 is 36.7 Å². The van der Waals surface area contributed by atoms with E-state index in [4.69, 9.17) is 68.0 Å². The molecule has 0 aliphatic carbocycles. The molecule has 2 heterocycles. The average Bonchev–Trinajstić information content (AvgIpc) is 3.30. The Hall–Kier alpha value is -1.75. The number of benzene rings is 3. The summed E-state index contributed by atoms with van der Waals surface area (Å²) in [5.41, 5.74) is 2.89. The van der Waals surface area contributed by atoms with Crippen LogP contribution in [0.4, 0.5) is 0 Å². The predicted molar refractivity (Wildman–Crippen MR) is 151 cm³/mol. The van der Waals surface area contributed by atoms with Crippen LogP contribution >= 0.6 is 34.8 Å². The summed E-state index contributed by atoms with van der Waals surface area (Å²) in [6, 6.07) is 22.5. The summed E-state index contributed by atoms with van der Waals surface area (Å²) in [4.78, 5) is 0. The molecule has 7 nitrogen and oxygen atoms in total. The van der Waals surface area contributed by atoms with Crippen molar-refractivity contribution in [2.75, 3.05) is 13.7 Å². The van der Waals surface area contributed by atoms with E-state index in [1.807, 2.05) is 72.8 Å². The number of hydrogen-bond donors (Lipinski definition) is 0. The number of rotatable bonds is 11. The number of hydrogen-bond acceptors (Lipinski definition) is 7. The van der Waals surface area contributed by atoms with Crippen LogP contribution in [0.15, 0.2) is 72.8 Å². The number of halogens is 3. The molecule has 3 aromatic rings. The number of methoxy groups -OCH3 is 1. The Labute approximate surface area is 249 Å². The van der Waals surface area contributed by atoms with Gasteiger partial charge >= 0.3 is 0 Å². The van der Waals surface area contributed by atoms with Crippen molar-refractivity contribution in [3.8, 4) is 0 Å². The summed E-state index contributed by atoms with van der Waals surface area (Å²) in [7, 11) is 1.52. The Morgan fingerprint density at radius 3 is 1.65 bits per heavy atom. The van der Waals surface area contributed by atoms with E-state index in [0.29, 0.717) is 34.9 Å². The Morgan fingerprint density at radius 1 is 0.675 bits per heavy atom. The lowest BCUT2D eigenvalue weighted by molar-refractivity contribution is -0.334. The molecule has 0 saturated carbocycles. The van der Waals surface area contributed by atoms with Gasteiger partial charge in [-0.15, -0.1) is 0 Å². The first-order valence-electron chi connectivity index (χ1n) is 12.9. The molecule has 2 fully saturated rings. The van der Waals surface area contributed by atoms with Crippen molar-refractivity contribution in [2.24, 2.45) is 0 Å². The van der Waals surface area contributed by atoms with E-state index in [0.717, 1.165) is 16.7 Å². The molecule has 0 aromatic heterocycles. The molecule has 40 heavy (non-hydrogen) atoms. The van der Waals surface area contributed by atoms with Crippen LogP contribution in [0.3, 0.4) is 0 Å². The van der Waals surface area contributed by atoms with Crippen molar-refractivity contribution in [3.63, 3.8) is 0 Å². The molecular weight excluding hydrogens is 579 g/mol. The molecular formula is C30H31Cl3O7. The minimum absolute atomic E-state index is 0.227. The Balaban J connectivity index is 1.37. The molecule has 214 valence electrons. The Kier molecular flexibility index (Phi) is 10.0. The second-order valence-corrected chi connectivity index (χ2v) is 11.1. The number of fused-ring (bicyclic) bond motifs is 1. The fourth-order valence-electron chi connectivity index (χ4n) is 4.63. The lowest BCUT2D eigenvalue weighted by Crippen LogP contribution is -2.59. The van der Waals surface area contributed by atoms with Crippen molar-refractivity contribution < 1.29 is 33.2 Å². The summed E-state index contributed by atoms with van der Waals surface area (Å²) < 4.78 is 43.1. The van der Waals surface area contributed by atoms with Crippen molar-refractivity contribution >= 4 is 34.8 Å². The first kappa shape index (κ1) is 29.7. The molecule has 10 heteroatoms. The largest absolute Gasteiger partial charge is 0.374 e. The lowest BCUT2D eigenvalue weighted by atomic mass is 9.98. The topological polar surface area (TPSA) is 64.6 Å². The van der Waals surface area contributed by atoms with Crippen molar-refractivity contribution in [3.05, 3.63) is 105 Å². The van der Waals surface area contributed by atoms with Gasteiger partial charge < -0.3 is 28.4 Å². The van der Waals surface area contributed by atoms with Crippen molar-refractivity contribution in [1.82, 2.24) is 0 Å². The minimum atomic E-state index is -1.29. The van der Waals surface area contributed by atoms with Gasteiger partial charge in [0.2, 0.25) is 0 Å². The fourth-order valence-corrected chi connectivity index (χ4v) is 5.00. The molecule has 0 radical (unpaired) electrons. The molecule has 0 amide bonds. The highest BCUT2D eigenvalue weighted by atomic mass is 35.5. The van der Waals surface area contributed by atoms with Crippen LogP contribution in [-0.2, 0) is 53.0 Å². The van der Waals surface area contributed by atoms with Gasteiger partial charge in [0.25, 0.3) is 5.97 Å². The first-order valence-corrected chi connectivity index (χ1v) is 14.1. The van der Waals surface area contributed by atoms with Crippen LogP contribution in [0, 0.1) is 0 Å². The molecule has 3 aromatic carbocycles. The van der Waals surface area contributed by atoms with Crippen LogP contribution in [0.25, 0.3) is 0 Å². The maximum absolute atomic E-state index is 6.49. The van der Waals surface area contributed by atoms with Gasteiger partial charge in [-0.1, -0.05) is 71.2 Å². The molecule has 5 rings (SSSR count). The standard InChI is InChI=1S/C30H31Cl3O7/c1-30(34-2)39-28-27(37-17-21-7-13-24(33)14-8-21)26(36-16-20-5-11-23(32)12-6-20)25(38-29(28)40-30)18-35-15-19-3-9-22(31)10-4-19/h3-14,25-29H,15-18H2,1-2H3/t25-,26+,27+,28-,29+,30+/m1/s1. The van der Waals surface area contributed by atoms with E-state index in [9.17, 15) is 0 Å². The molecule has 6 atom stereocenters. The Morgan fingerprint density at radius 2 is 1.15 bits per heavy atom. The third-order valence-corrected chi connectivity index (χ3v) is 7.57. The van der Waals surface area contributed by atoms with E-state index in [1.54, 1.807) is 6.92 Å². The quantitative estimate of drug-likeness (QED) is 0.237. The first-order chi connectivity index (χ1) is 19.3. The van der Waals surface area contributed by atoms with Gasteiger partial charge in [-0.05, 0) is 53.1 Å². The maximum Gasteiger partial charge on any atom is 0.282 e. The SMILES string of the molecule is CO[C@]1(C)O[C@@H]2O[C@H](COCc3ccc(Cl)cc3)[C@H](OCc3ccc(Cl)cc3)[C@H](OCc3ccc(Cl)cc3)[C@H]2O1. The summed E-state index contributed by atoms with van der Waals surface area (Å²) in [5, 5.41) is 1.97. The van der Waals surface area contributed by atoms with Crippen molar-refractivity contribution in [2.45, 2.75) is 63.4 Å². The summed E-state index contributed by atoms with van der Waals surface area (Å²) in [6.45, 7) is 2.90. The zero-order valence-corrected chi connectivity index (χ0v) is 24.4. The molecule has 2 aliphatic heterocycles. The van der Waals surface area contributed by atoms with Gasteiger partial charge in [0.1, 0.15) is 24.4 Å². The van der Waals surface area contributed by atoms with Crippen LogP contribution in [-0.4, -0.2) is 50.4 Å². The van der Waals surface area contributed by atoms with E-state index in [2.05, 4.69) is 0 Å². The zero-order chi connectivity index (χ0) is 28.1. The van der Waals surface area contributed by atoms with Crippen LogP contribution in [0.5, 0.6) is 0 Å². The summed E-state index contributed by atoms with van der Waals surface area (Å²) in [6.07, 6.45) is -3.02. The zero-order valence-electron chi connectivity index (χ0n) is 22.1. The number of ether oxygens (including phenoxy) is 7. The molecule has 0 spiro atoms. The second kappa shape index (κ2) is 13.5. The van der Waals surface area contributed by atoms with Gasteiger partial charge in [0.05, 0.1) is 26.4 Å². The normalized spacial score (nSPS) is 28.0. The van der Waals surface area contributed by atoms with Gasteiger partial charge in [-0.3, -0.25) is 4.74 Å². The van der Waals surface area contributed by atoms with Gasteiger partial charge in [-0.25, -0.2) is 0 Å². The van der Waals surface area contributed by atoms with Crippen LogP contribution < -0.4 is 0 Å². The maximum atomic E-state index is 6.49. The molecule has 2 aliphatic rings. The molecule has 0 N–H and O–H groups in total. The average molecular weight is 610 g/mol. The third kappa shape index (κ3) is 7.55. The summed E-state index contributed by atoms with van der Waals surface area (Å²) >= 11 is 18.2. The summed E-state index contributed by atoms with van der Waals surface area (Å²) in [5.74, 6) is -1.29. The smallest absolute Gasteiger partial charge is 0.282 e. The van der Waals surface area contributed by atoms with Crippen LogP contribution in [0.1, 0.15) is 23.6 Å². The van der Waals surface area contributed by atoms with E-state index in [1.165, 1.54) is 7.11 Å². The minimum Gasteiger partial charge on any atom is -0.374 e. The van der Waals surface area contributed by atoms with Gasteiger partial charge in [0.15, 0.2) is 6.29 Å². The fraction of sp³-hybridized carbons (Fsp3) is 0.400. The lowest BCUT2D eigenvalue weighted by Gasteiger charge is -2.42. The van der Waals surface area contributed by atoms with Crippen molar-refractivity contribution in [1.29, 1.82) is 0 Å². The monoisotopic (exact) mass is 608 g/mol. The molecule has 0 unspecified atom stereocenters. The van der Waals surface area contributed by atoms with Gasteiger partial charge in [-0.2, -0.15) is 0 Å². The highest BCUT2D eigenvalue weighted by Gasteiger charge is 2.57. The Bertz CT molecular complexity index is 1230. The molecule has 2 saturated heterocycles.